The van der Waals surface area contributed by atoms with Gasteiger partial charge in [0.1, 0.15) is 10.8 Å². The number of halogens is 4. The van der Waals surface area contributed by atoms with Crippen molar-refractivity contribution in [2.75, 3.05) is 14.1 Å². The standard InChI is InChI=1S/C30H30ClF3N4O2/c1-6-11-36-25(22-8-7-9-23(27(22)32)29(39)37(4)5)10-12-38-19(3)14-24(26(31)30(38)40)18(2)13-20-15-21(28(33)34)17-35-16-20/h6-12,14-18,28H,13H2,1-5H3/b11-6+,12-10+,36-25-. The Labute approximate surface area is 236 Å². The highest BCUT2D eigenvalue weighted by Gasteiger charge is 2.20. The van der Waals surface area contributed by atoms with Crippen LogP contribution in [0.1, 0.15) is 64.5 Å². The molecule has 0 fully saturated rings. The second-order valence-corrected chi connectivity index (χ2v) is 9.82. The van der Waals surface area contributed by atoms with Gasteiger partial charge < -0.3 is 4.90 Å². The number of rotatable bonds is 9. The summed E-state index contributed by atoms with van der Waals surface area (Å²) in [6.07, 6.45) is 6.41. The zero-order valence-corrected chi connectivity index (χ0v) is 23.6. The Morgan fingerprint density at radius 3 is 2.55 bits per heavy atom. The highest BCUT2D eigenvalue weighted by molar-refractivity contribution is 6.31. The highest BCUT2D eigenvalue weighted by Crippen LogP contribution is 2.27. The van der Waals surface area contributed by atoms with E-state index in [-0.39, 0.29) is 33.3 Å². The van der Waals surface area contributed by atoms with Crippen LogP contribution in [0, 0.1) is 12.7 Å². The number of benzene rings is 1. The van der Waals surface area contributed by atoms with Crippen LogP contribution >= 0.6 is 11.6 Å². The molecule has 1 atom stereocenters. The van der Waals surface area contributed by atoms with Crippen LogP contribution in [0.2, 0.25) is 5.02 Å². The molecule has 0 radical (unpaired) electrons. The molecule has 2 aromatic heterocycles. The fourth-order valence-electron chi connectivity index (χ4n) is 4.13. The van der Waals surface area contributed by atoms with Gasteiger partial charge in [-0.2, -0.15) is 0 Å². The molecular formula is C30H30ClF3N4O2. The fourth-order valence-corrected chi connectivity index (χ4v) is 4.46. The van der Waals surface area contributed by atoms with Crippen molar-refractivity contribution < 1.29 is 18.0 Å². The predicted molar refractivity (Wildman–Crippen MR) is 153 cm³/mol. The first-order valence-corrected chi connectivity index (χ1v) is 12.8. The van der Waals surface area contributed by atoms with Crippen molar-refractivity contribution in [3.63, 3.8) is 0 Å². The van der Waals surface area contributed by atoms with Crippen LogP contribution in [0.5, 0.6) is 0 Å². The van der Waals surface area contributed by atoms with Crippen LogP contribution in [0.3, 0.4) is 0 Å². The second kappa shape index (κ2) is 13.4. The Morgan fingerprint density at radius 2 is 1.90 bits per heavy atom. The van der Waals surface area contributed by atoms with E-state index in [2.05, 4.69) is 9.98 Å². The summed E-state index contributed by atoms with van der Waals surface area (Å²) in [5.74, 6) is -1.48. The predicted octanol–water partition coefficient (Wildman–Crippen LogP) is 6.82. The molecule has 2 heterocycles. The maximum Gasteiger partial charge on any atom is 0.273 e. The highest BCUT2D eigenvalue weighted by atomic mass is 35.5. The third-order valence-electron chi connectivity index (χ3n) is 6.20. The van der Waals surface area contributed by atoms with Gasteiger partial charge in [-0.3, -0.25) is 24.1 Å². The molecule has 10 heteroatoms. The van der Waals surface area contributed by atoms with Crippen molar-refractivity contribution in [3.8, 4) is 0 Å². The number of amides is 1. The molecule has 1 aromatic carbocycles. The normalized spacial score (nSPS) is 13.0. The fraction of sp³-hybridized carbons (Fsp3) is 0.267. The molecule has 0 spiro atoms. The van der Waals surface area contributed by atoms with Gasteiger partial charge in [-0.25, -0.2) is 13.2 Å². The molecule has 40 heavy (non-hydrogen) atoms. The third kappa shape index (κ3) is 6.96. The van der Waals surface area contributed by atoms with E-state index in [0.717, 1.165) is 6.20 Å². The second-order valence-electron chi connectivity index (χ2n) is 9.44. The molecule has 0 aliphatic heterocycles. The number of hydrogen-bond acceptors (Lipinski definition) is 4. The number of carbonyl (C=O) groups excluding carboxylic acids is 1. The number of aromatic nitrogens is 2. The van der Waals surface area contributed by atoms with E-state index in [1.165, 1.54) is 66.4 Å². The number of nitrogens with zero attached hydrogens (tertiary/aromatic N) is 4. The van der Waals surface area contributed by atoms with Crippen molar-refractivity contribution >= 4 is 29.4 Å². The Kier molecular flexibility index (Phi) is 10.2. The molecule has 0 saturated heterocycles. The van der Waals surface area contributed by atoms with Crippen LogP contribution in [-0.2, 0) is 6.42 Å². The number of carbonyl (C=O) groups is 1. The summed E-state index contributed by atoms with van der Waals surface area (Å²) >= 11 is 6.49. The average molecular weight is 571 g/mol. The van der Waals surface area contributed by atoms with Gasteiger partial charge in [-0.15, -0.1) is 0 Å². The van der Waals surface area contributed by atoms with E-state index in [0.29, 0.717) is 23.2 Å². The van der Waals surface area contributed by atoms with E-state index in [1.807, 2.05) is 6.92 Å². The molecule has 0 aliphatic rings. The van der Waals surface area contributed by atoms with Gasteiger partial charge in [0.15, 0.2) is 0 Å². The summed E-state index contributed by atoms with van der Waals surface area (Å²) in [5, 5.41) is -0.0163. The number of aryl methyl sites for hydroxylation is 1. The first-order chi connectivity index (χ1) is 19.0. The monoisotopic (exact) mass is 570 g/mol. The minimum atomic E-state index is -2.63. The van der Waals surface area contributed by atoms with Crippen molar-refractivity contribution in [2.45, 2.75) is 39.5 Å². The lowest BCUT2D eigenvalue weighted by Gasteiger charge is -2.17. The minimum absolute atomic E-state index is 0.0163. The smallest absolute Gasteiger partial charge is 0.273 e. The topological polar surface area (TPSA) is 67.6 Å². The summed E-state index contributed by atoms with van der Waals surface area (Å²) in [6.45, 7) is 5.32. The van der Waals surface area contributed by atoms with Crippen LogP contribution in [0.25, 0.3) is 6.20 Å². The third-order valence-corrected chi connectivity index (χ3v) is 6.58. The van der Waals surface area contributed by atoms with E-state index in [1.54, 1.807) is 32.1 Å². The average Bonchev–Trinajstić information content (AvgIpc) is 2.92. The lowest BCUT2D eigenvalue weighted by atomic mass is 9.94. The van der Waals surface area contributed by atoms with E-state index in [4.69, 9.17) is 11.6 Å². The van der Waals surface area contributed by atoms with Gasteiger partial charge in [-0.05, 0) is 67.7 Å². The molecule has 0 bridgehead atoms. The molecule has 0 N–H and O–H groups in total. The van der Waals surface area contributed by atoms with Gasteiger partial charge in [0, 0.05) is 55.7 Å². The Morgan fingerprint density at radius 1 is 1.20 bits per heavy atom. The molecule has 3 aromatic rings. The molecular weight excluding hydrogens is 541 g/mol. The summed E-state index contributed by atoms with van der Waals surface area (Å²) in [4.78, 5) is 35.1. The van der Waals surface area contributed by atoms with Crippen LogP contribution in [0.15, 0.2) is 70.9 Å². The number of alkyl halides is 2. The maximum absolute atomic E-state index is 15.4. The summed E-state index contributed by atoms with van der Waals surface area (Å²) in [6, 6.07) is 7.60. The first-order valence-electron chi connectivity index (χ1n) is 12.5. The SMILES string of the molecule is C/C=C/N=C(/C=C/n1c(C)cc(C(C)Cc2cncc(C(F)F)c2)c(Cl)c1=O)c1cccc(C(=O)N(C)C)c1F. The van der Waals surface area contributed by atoms with Crippen LogP contribution < -0.4 is 5.56 Å². The zero-order valence-electron chi connectivity index (χ0n) is 22.8. The first kappa shape index (κ1) is 30.6. The molecule has 1 unspecified atom stereocenters. The van der Waals surface area contributed by atoms with Crippen molar-refractivity contribution in [1.82, 2.24) is 14.5 Å². The number of allylic oxidation sites excluding steroid dienone is 2. The van der Waals surface area contributed by atoms with Crippen molar-refractivity contribution in [1.29, 1.82) is 0 Å². The summed E-state index contributed by atoms with van der Waals surface area (Å²) in [5.41, 5.74) is 1.23. The Bertz CT molecular complexity index is 1540. The van der Waals surface area contributed by atoms with E-state index >= 15 is 4.39 Å². The Hall–Kier alpha value is -3.98. The van der Waals surface area contributed by atoms with Crippen LogP contribution in [0.4, 0.5) is 13.2 Å². The maximum atomic E-state index is 15.4. The molecule has 1 amide bonds. The zero-order chi connectivity index (χ0) is 29.6. The van der Waals surface area contributed by atoms with Crippen LogP contribution in [-0.4, -0.2) is 40.2 Å². The van der Waals surface area contributed by atoms with E-state index < -0.39 is 23.7 Å². The summed E-state index contributed by atoms with van der Waals surface area (Å²) < 4.78 is 42.8. The van der Waals surface area contributed by atoms with E-state index in [9.17, 15) is 18.4 Å². The molecule has 210 valence electrons. The minimum Gasteiger partial charge on any atom is -0.345 e. The van der Waals surface area contributed by atoms with Gasteiger partial charge in [0.05, 0.1) is 11.3 Å². The molecule has 0 aliphatic carbocycles. The lowest BCUT2D eigenvalue weighted by Crippen LogP contribution is -2.23. The number of aliphatic imine (C=N–C) groups is 1. The van der Waals surface area contributed by atoms with Crippen molar-refractivity contribution in [2.24, 2.45) is 4.99 Å². The molecule has 3 rings (SSSR count). The van der Waals surface area contributed by atoms with Crippen molar-refractivity contribution in [3.05, 3.63) is 116 Å². The Balaban J connectivity index is 1.99. The largest absolute Gasteiger partial charge is 0.345 e. The number of pyridine rings is 2. The van der Waals surface area contributed by atoms with Gasteiger partial charge in [-0.1, -0.05) is 30.7 Å². The lowest BCUT2D eigenvalue weighted by molar-refractivity contribution is 0.0823. The van der Waals surface area contributed by atoms with Gasteiger partial charge in [0.25, 0.3) is 17.9 Å². The quantitative estimate of drug-likeness (QED) is 0.265. The molecule has 6 nitrogen and oxygen atoms in total. The molecule has 0 saturated carbocycles. The van der Waals surface area contributed by atoms with Gasteiger partial charge in [0.2, 0.25) is 0 Å². The number of hydrogen-bond donors (Lipinski definition) is 0. The summed E-state index contributed by atoms with van der Waals surface area (Å²) in [7, 11) is 3.06. The van der Waals surface area contributed by atoms with Gasteiger partial charge >= 0.3 is 0 Å².